The molecule has 0 N–H and O–H groups in total. The van der Waals surface area contributed by atoms with Crippen molar-refractivity contribution in [3.63, 3.8) is 0 Å². The van der Waals surface area contributed by atoms with E-state index in [1.54, 1.807) is 4.90 Å². The topological polar surface area (TPSA) is 20.3 Å². The maximum Gasteiger partial charge on any atom is 0.224 e. The average molecular weight is 236 g/mol. The van der Waals surface area contributed by atoms with Gasteiger partial charge in [0, 0.05) is 24.3 Å². The lowest BCUT2D eigenvalue weighted by atomic mass is 10.2. The van der Waals surface area contributed by atoms with Crippen LogP contribution in [0.3, 0.4) is 0 Å². The Morgan fingerprint density at radius 3 is 2.25 bits per heavy atom. The second-order valence-corrected chi connectivity index (χ2v) is 5.05. The van der Waals surface area contributed by atoms with Gasteiger partial charge >= 0.3 is 0 Å². The molecule has 0 heterocycles. The van der Waals surface area contributed by atoms with Crippen LogP contribution in [0.15, 0.2) is 0 Å². The highest BCUT2D eigenvalue weighted by molar-refractivity contribution is 9.09. The average Bonchev–Trinajstić information content (AvgIpc) is 1.98. The van der Waals surface area contributed by atoms with Crippen LogP contribution in [-0.4, -0.2) is 29.2 Å². The van der Waals surface area contributed by atoms with Gasteiger partial charge in [-0.15, -0.1) is 0 Å². The molecule has 0 aliphatic carbocycles. The van der Waals surface area contributed by atoms with Gasteiger partial charge in [-0.05, 0) is 6.42 Å². The van der Waals surface area contributed by atoms with E-state index in [4.69, 9.17) is 0 Å². The highest BCUT2D eigenvalue weighted by atomic mass is 79.9. The van der Waals surface area contributed by atoms with Crippen molar-refractivity contribution in [1.29, 1.82) is 0 Å². The number of nitrogens with zero attached hydrogens (tertiary/aromatic N) is 1. The van der Waals surface area contributed by atoms with Gasteiger partial charge in [0.1, 0.15) is 0 Å². The van der Waals surface area contributed by atoms with Crippen molar-refractivity contribution in [1.82, 2.24) is 4.90 Å². The predicted molar refractivity (Wildman–Crippen MR) is 55.5 cm³/mol. The minimum Gasteiger partial charge on any atom is -0.346 e. The molecule has 1 amide bonds. The molecule has 3 heteroatoms. The molecule has 12 heavy (non-hydrogen) atoms. The van der Waals surface area contributed by atoms with Crippen LogP contribution in [0.4, 0.5) is 0 Å². The monoisotopic (exact) mass is 235 g/mol. The third-order valence-corrected chi connectivity index (χ3v) is 2.19. The van der Waals surface area contributed by atoms with Gasteiger partial charge in [-0.2, -0.15) is 0 Å². The van der Waals surface area contributed by atoms with E-state index in [9.17, 15) is 4.79 Å². The van der Waals surface area contributed by atoms with Gasteiger partial charge in [-0.1, -0.05) is 36.7 Å². The first-order chi connectivity index (χ1) is 5.45. The van der Waals surface area contributed by atoms with Crippen molar-refractivity contribution in [3.05, 3.63) is 0 Å². The van der Waals surface area contributed by atoms with Crippen molar-refractivity contribution in [2.24, 2.45) is 5.92 Å². The molecular weight excluding hydrogens is 218 g/mol. The van der Waals surface area contributed by atoms with Crippen LogP contribution in [-0.2, 0) is 4.79 Å². The molecule has 0 aromatic carbocycles. The number of halogens is 1. The quantitative estimate of drug-likeness (QED) is 0.686. The first-order valence-corrected chi connectivity index (χ1v) is 5.25. The highest BCUT2D eigenvalue weighted by Crippen LogP contribution is 2.06. The number of alkyl halides is 1. The standard InChI is InChI=1S/C9H18BrNO/c1-7(2)9(12)11(4)6-5-8(3)10/h7-8H,5-6H2,1-4H3. The number of carbonyl (C=O) groups is 1. The Balaban J connectivity index is 3.72. The lowest BCUT2D eigenvalue weighted by Crippen LogP contribution is -2.32. The summed E-state index contributed by atoms with van der Waals surface area (Å²) in [7, 11) is 1.86. The normalized spacial score (nSPS) is 13.2. The minimum atomic E-state index is 0.112. The zero-order valence-corrected chi connectivity index (χ0v) is 9.89. The summed E-state index contributed by atoms with van der Waals surface area (Å²) in [4.78, 5) is 13.6. The molecule has 72 valence electrons. The molecule has 2 nitrogen and oxygen atoms in total. The van der Waals surface area contributed by atoms with E-state index >= 15 is 0 Å². The molecule has 0 radical (unpaired) electrons. The molecule has 0 bridgehead atoms. The van der Waals surface area contributed by atoms with E-state index in [-0.39, 0.29) is 11.8 Å². The van der Waals surface area contributed by atoms with Gasteiger partial charge in [0.25, 0.3) is 0 Å². The Labute approximate surface area is 83.4 Å². The Kier molecular flexibility index (Phi) is 5.55. The molecule has 0 aliphatic heterocycles. The van der Waals surface area contributed by atoms with Crippen LogP contribution >= 0.6 is 15.9 Å². The van der Waals surface area contributed by atoms with Crippen molar-refractivity contribution in [2.45, 2.75) is 32.0 Å². The first kappa shape index (κ1) is 11.9. The van der Waals surface area contributed by atoms with Crippen LogP contribution in [0, 0.1) is 5.92 Å². The summed E-state index contributed by atoms with van der Waals surface area (Å²) in [6, 6.07) is 0. The summed E-state index contributed by atoms with van der Waals surface area (Å²) in [5, 5.41) is 0. The van der Waals surface area contributed by atoms with Gasteiger partial charge < -0.3 is 4.90 Å². The van der Waals surface area contributed by atoms with Crippen LogP contribution in [0.1, 0.15) is 27.2 Å². The van der Waals surface area contributed by atoms with Gasteiger partial charge in [0.15, 0.2) is 0 Å². The molecule has 0 spiro atoms. The van der Waals surface area contributed by atoms with E-state index in [1.807, 2.05) is 20.9 Å². The maximum absolute atomic E-state index is 11.4. The van der Waals surface area contributed by atoms with Crippen LogP contribution in [0.2, 0.25) is 0 Å². The van der Waals surface area contributed by atoms with E-state index in [0.717, 1.165) is 13.0 Å². The fourth-order valence-corrected chi connectivity index (χ4v) is 1.13. The van der Waals surface area contributed by atoms with Crippen LogP contribution in [0.5, 0.6) is 0 Å². The second-order valence-electron chi connectivity index (χ2n) is 3.48. The summed E-state index contributed by atoms with van der Waals surface area (Å²) in [5.74, 6) is 0.337. The first-order valence-electron chi connectivity index (χ1n) is 4.34. The molecule has 0 rings (SSSR count). The number of amides is 1. The van der Waals surface area contributed by atoms with Crippen molar-refractivity contribution >= 4 is 21.8 Å². The number of rotatable bonds is 4. The minimum absolute atomic E-state index is 0.112. The fourth-order valence-electron chi connectivity index (χ4n) is 0.923. The van der Waals surface area contributed by atoms with Crippen LogP contribution in [0.25, 0.3) is 0 Å². The smallest absolute Gasteiger partial charge is 0.224 e. The van der Waals surface area contributed by atoms with Crippen molar-refractivity contribution in [3.8, 4) is 0 Å². The summed E-state index contributed by atoms with van der Waals surface area (Å²) >= 11 is 3.45. The van der Waals surface area contributed by atoms with E-state index in [0.29, 0.717) is 4.83 Å². The summed E-state index contributed by atoms with van der Waals surface area (Å²) < 4.78 is 0. The largest absolute Gasteiger partial charge is 0.346 e. The number of hydrogen-bond donors (Lipinski definition) is 0. The molecule has 1 atom stereocenters. The lowest BCUT2D eigenvalue weighted by Gasteiger charge is -2.19. The summed E-state index contributed by atoms with van der Waals surface area (Å²) in [5.41, 5.74) is 0. The third-order valence-electron chi connectivity index (χ3n) is 1.73. The lowest BCUT2D eigenvalue weighted by molar-refractivity contribution is -0.133. The van der Waals surface area contributed by atoms with Crippen molar-refractivity contribution in [2.75, 3.05) is 13.6 Å². The highest BCUT2D eigenvalue weighted by Gasteiger charge is 2.12. The molecule has 1 unspecified atom stereocenters. The van der Waals surface area contributed by atoms with Gasteiger partial charge in [-0.3, -0.25) is 4.79 Å². The molecule has 0 aromatic heterocycles. The zero-order valence-electron chi connectivity index (χ0n) is 8.30. The molecule has 0 aromatic rings. The second kappa shape index (κ2) is 5.57. The van der Waals surface area contributed by atoms with Gasteiger partial charge in [0.05, 0.1) is 0 Å². The summed E-state index contributed by atoms with van der Waals surface area (Å²) in [6.45, 7) is 6.78. The summed E-state index contributed by atoms with van der Waals surface area (Å²) in [6.07, 6.45) is 1.01. The number of hydrogen-bond acceptors (Lipinski definition) is 1. The Hall–Kier alpha value is -0.0500. The molecule has 0 aliphatic rings. The molecule has 0 fully saturated rings. The molecule has 0 saturated heterocycles. The zero-order chi connectivity index (χ0) is 9.72. The molecular formula is C9H18BrNO. The fraction of sp³-hybridized carbons (Fsp3) is 0.889. The SMILES string of the molecule is CC(Br)CCN(C)C(=O)C(C)C. The van der Waals surface area contributed by atoms with E-state index in [1.165, 1.54) is 0 Å². The Bertz CT molecular complexity index is 145. The maximum atomic E-state index is 11.4. The Morgan fingerprint density at radius 2 is 1.92 bits per heavy atom. The van der Waals surface area contributed by atoms with Gasteiger partial charge in [0.2, 0.25) is 5.91 Å². The van der Waals surface area contributed by atoms with Gasteiger partial charge in [-0.25, -0.2) is 0 Å². The van der Waals surface area contributed by atoms with E-state index < -0.39 is 0 Å². The predicted octanol–water partition coefficient (Wildman–Crippen LogP) is 2.27. The van der Waals surface area contributed by atoms with Crippen molar-refractivity contribution < 1.29 is 4.79 Å². The number of carbonyl (C=O) groups excluding carboxylic acids is 1. The molecule has 0 saturated carbocycles. The van der Waals surface area contributed by atoms with Crippen LogP contribution < -0.4 is 0 Å². The third kappa shape index (κ3) is 4.75. The van der Waals surface area contributed by atoms with E-state index in [2.05, 4.69) is 22.9 Å². The Morgan fingerprint density at radius 1 is 1.42 bits per heavy atom.